The van der Waals surface area contributed by atoms with Crippen molar-refractivity contribution in [3.05, 3.63) is 6.23 Å². The third kappa shape index (κ3) is 6.18. The van der Waals surface area contributed by atoms with Crippen LogP contribution in [0.2, 0.25) is 6.04 Å². The van der Waals surface area contributed by atoms with Crippen molar-refractivity contribution in [1.82, 2.24) is 0 Å². The van der Waals surface area contributed by atoms with Crippen molar-refractivity contribution < 1.29 is 4.74 Å². The first-order valence-corrected chi connectivity index (χ1v) is 4.66. The Labute approximate surface area is 47.9 Å². The van der Waals surface area contributed by atoms with Crippen LogP contribution < -0.4 is 0 Å². The average molecular weight is 117 g/mol. The van der Waals surface area contributed by atoms with Crippen molar-refractivity contribution in [3.63, 3.8) is 0 Å². The summed E-state index contributed by atoms with van der Waals surface area (Å²) in [5.74, 6) is 0. The van der Waals surface area contributed by atoms with E-state index in [-0.39, 0.29) is 9.52 Å². The standard InChI is InChI=1S/C5H13OSi/c1-3-6-5-7-4-2/h5H,3-4,7H2,1-2H3. The van der Waals surface area contributed by atoms with Gasteiger partial charge < -0.3 is 4.74 Å². The molecule has 0 rings (SSSR count). The van der Waals surface area contributed by atoms with Gasteiger partial charge in [-0.25, -0.2) is 0 Å². The Morgan fingerprint density at radius 2 is 2.29 bits per heavy atom. The average Bonchev–Trinajstić information content (AvgIpc) is 1.69. The zero-order valence-electron chi connectivity index (χ0n) is 5.11. The third-order valence-electron chi connectivity index (χ3n) is 0.691. The lowest BCUT2D eigenvalue weighted by atomic mass is 10.9. The Bertz CT molecular complexity index is 27.3. The molecule has 0 unspecified atom stereocenters. The molecule has 0 aliphatic rings. The number of ether oxygens (including phenoxy) is 1. The Morgan fingerprint density at radius 1 is 1.57 bits per heavy atom. The maximum atomic E-state index is 5.01. The molecule has 1 nitrogen and oxygen atoms in total. The molecule has 0 saturated carbocycles. The minimum absolute atomic E-state index is 0.0635. The highest BCUT2D eigenvalue weighted by Gasteiger charge is 1.81. The summed E-state index contributed by atoms with van der Waals surface area (Å²) in [6.07, 6.45) is 2.00. The third-order valence-corrected chi connectivity index (χ3v) is 1.74. The summed E-state index contributed by atoms with van der Waals surface area (Å²) in [4.78, 5) is 0. The van der Waals surface area contributed by atoms with Crippen LogP contribution in [-0.2, 0) is 4.74 Å². The van der Waals surface area contributed by atoms with Crippen molar-refractivity contribution in [2.45, 2.75) is 19.9 Å². The molecule has 0 heterocycles. The smallest absolute Gasteiger partial charge is 0.0638 e. The summed E-state index contributed by atoms with van der Waals surface area (Å²) in [6.45, 7) is 5.05. The van der Waals surface area contributed by atoms with Crippen LogP contribution in [0, 0.1) is 6.23 Å². The Balaban J connectivity index is 2.45. The topological polar surface area (TPSA) is 9.23 Å². The lowest BCUT2D eigenvalue weighted by Crippen LogP contribution is -1.93. The summed E-state index contributed by atoms with van der Waals surface area (Å²) in [6, 6.07) is 1.32. The van der Waals surface area contributed by atoms with Gasteiger partial charge in [-0.3, -0.25) is 0 Å². The maximum absolute atomic E-state index is 5.01. The molecule has 0 aromatic carbocycles. The normalized spacial score (nSPS) is 11.1. The van der Waals surface area contributed by atoms with Crippen molar-refractivity contribution in [1.29, 1.82) is 0 Å². The summed E-state index contributed by atoms with van der Waals surface area (Å²) < 4.78 is 5.01. The van der Waals surface area contributed by atoms with Gasteiger partial charge in [-0.1, -0.05) is 13.0 Å². The highest BCUT2D eigenvalue weighted by Crippen LogP contribution is 1.81. The van der Waals surface area contributed by atoms with Gasteiger partial charge in [0.2, 0.25) is 0 Å². The van der Waals surface area contributed by atoms with Gasteiger partial charge in [0.05, 0.1) is 15.7 Å². The van der Waals surface area contributed by atoms with E-state index in [1.165, 1.54) is 6.04 Å². The largest absolute Gasteiger partial charge is 0.380 e. The monoisotopic (exact) mass is 117 g/mol. The predicted octanol–water partition coefficient (Wildman–Crippen LogP) is 0.749. The van der Waals surface area contributed by atoms with E-state index in [9.17, 15) is 0 Å². The van der Waals surface area contributed by atoms with Crippen LogP contribution in [0.1, 0.15) is 13.8 Å². The van der Waals surface area contributed by atoms with E-state index < -0.39 is 0 Å². The fourth-order valence-electron chi connectivity index (χ4n) is 0.319. The molecular weight excluding hydrogens is 104 g/mol. The molecule has 43 valence electrons. The van der Waals surface area contributed by atoms with E-state index in [2.05, 4.69) is 6.92 Å². The van der Waals surface area contributed by atoms with Crippen LogP contribution in [0.5, 0.6) is 0 Å². The minimum atomic E-state index is 0.0635. The molecule has 0 bridgehead atoms. The summed E-state index contributed by atoms with van der Waals surface area (Å²) in [7, 11) is 0.0635. The molecule has 1 radical (unpaired) electrons. The second-order valence-corrected chi connectivity index (χ2v) is 3.32. The molecule has 0 aromatic heterocycles. The Hall–Kier alpha value is 0.177. The SMILES string of the molecule is CCO[CH][SiH2]CC. The predicted molar refractivity (Wildman–Crippen MR) is 35.0 cm³/mol. The van der Waals surface area contributed by atoms with Crippen LogP contribution in [0.25, 0.3) is 0 Å². The van der Waals surface area contributed by atoms with E-state index in [0.717, 1.165) is 6.61 Å². The molecule has 0 fully saturated rings. The molecule has 0 N–H and O–H groups in total. The van der Waals surface area contributed by atoms with Crippen molar-refractivity contribution >= 4 is 9.52 Å². The lowest BCUT2D eigenvalue weighted by Gasteiger charge is -1.92. The molecule has 0 aliphatic heterocycles. The van der Waals surface area contributed by atoms with Crippen LogP contribution in [0.15, 0.2) is 0 Å². The number of hydrogen-bond acceptors (Lipinski definition) is 1. The van der Waals surface area contributed by atoms with E-state index in [1.54, 1.807) is 0 Å². The van der Waals surface area contributed by atoms with Gasteiger partial charge in [0.1, 0.15) is 0 Å². The summed E-state index contributed by atoms with van der Waals surface area (Å²) >= 11 is 0. The highest BCUT2D eigenvalue weighted by molar-refractivity contribution is 6.39. The van der Waals surface area contributed by atoms with E-state index in [0.29, 0.717) is 0 Å². The molecule has 0 saturated heterocycles. The van der Waals surface area contributed by atoms with Gasteiger partial charge in [-0.15, -0.1) is 0 Å². The van der Waals surface area contributed by atoms with Crippen LogP contribution in [0.3, 0.4) is 0 Å². The van der Waals surface area contributed by atoms with Crippen molar-refractivity contribution in [2.75, 3.05) is 6.61 Å². The first-order chi connectivity index (χ1) is 3.41. The van der Waals surface area contributed by atoms with Gasteiger partial charge >= 0.3 is 0 Å². The van der Waals surface area contributed by atoms with Gasteiger partial charge in [0.15, 0.2) is 0 Å². The zero-order valence-corrected chi connectivity index (χ0v) is 6.52. The van der Waals surface area contributed by atoms with Crippen molar-refractivity contribution in [3.8, 4) is 0 Å². The summed E-state index contributed by atoms with van der Waals surface area (Å²) in [5, 5.41) is 0. The molecule has 0 amide bonds. The number of rotatable bonds is 4. The van der Waals surface area contributed by atoms with Crippen molar-refractivity contribution in [2.24, 2.45) is 0 Å². The van der Waals surface area contributed by atoms with Gasteiger partial charge in [0.25, 0.3) is 0 Å². The molecule has 0 aromatic rings. The first kappa shape index (κ1) is 7.18. The molecule has 0 aliphatic carbocycles. The molecule has 0 spiro atoms. The van der Waals surface area contributed by atoms with Gasteiger partial charge in [-0.05, 0) is 6.92 Å². The van der Waals surface area contributed by atoms with Gasteiger partial charge in [0, 0.05) is 6.61 Å². The van der Waals surface area contributed by atoms with E-state index in [4.69, 9.17) is 4.74 Å². The van der Waals surface area contributed by atoms with E-state index >= 15 is 0 Å². The van der Waals surface area contributed by atoms with Gasteiger partial charge in [-0.2, -0.15) is 0 Å². The molecule has 2 heteroatoms. The first-order valence-electron chi connectivity index (χ1n) is 2.85. The zero-order chi connectivity index (χ0) is 5.54. The van der Waals surface area contributed by atoms with Crippen LogP contribution in [-0.4, -0.2) is 16.1 Å². The minimum Gasteiger partial charge on any atom is -0.380 e. The lowest BCUT2D eigenvalue weighted by molar-refractivity contribution is 0.244. The Kier molecular flexibility index (Phi) is 6.33. The second-order valence-electron chi connectivity index (χ2n) is 1.41. The summed E-state index contributed by atoms with van der Waals surface area (Å²) in [5.41, 5.74) is 0. The second kappa shape index (κ2) is 6.18. The molecular formula is C5H13OSi. The van der Waals surface area contributed by atoms with Crippen LogP contribution in [0.4, 0.5) is 0 Å². The van der Waals surface area contributed by atoms with Crippen LogP contribution >= 0.6 is 0 Å². The number of hydrogen-bond donors (Lipinski definition) is 0. The molecule has 0 atom stereocenters. The molecule has 7 heavy (non-hydrogen) atoms. The Morgan fingerprint density at radius 3 is 2.71 bits per heavy atom. The fourth-order valence-corrected chi connectivity index (χ4v) is 0.957. The maximum Gasteiger partial charge on any atom is 0.0638 e. The highest BCUT2D eigenvalue weighted by atomic mass is 28.2. The quantitative estimate of drug-likeness (QED) is 0.390. The van der Waals surface area contributed by atoms with E-state index in [1.807, 2.05) is 13.2 Å². The fraction of sp³-hybridized carbons (Fsp3) is 0.800.